The van der Waals surface area contributed by atoms with Gasteiger partial charge in [0, 0.05) is 0 Å². The molecule has 2 aromatic carbocycles. The fourth-order valence-corrected chi connectivity index (χ4v) is 1.53. The van der Waals surface area contributed by atoms with Gasteiger partial charge in [-0.3, -0.25) is 0 Å². The van der Waals surface area contributed by atoms with Crippen LogP contribution in [-0.2, 0) is 13.1 Å². The Morgan fingerprint density at radius 2 is 0.950 bits per heavy atom. The Kier molecular flexibility index (Phi) is 18.0. The Morgan fingerprint density at radius 1 is 0.650 bits per heavy atom. The van der Waals surface area contributed by atoms with Crippen molar-refractivity contribution < 1.29 is 64.8 Å². The Hall–Kier alpha value is 0.441. The molecule has 0 spiro atoms. The summed E-state index contributed by atoms with van der Waals surface area (Å²) in [6.45, 7) is 1.67. The van der Waals surface area contributed by atoms with Crippen LogP contribution in [0.25, 0.3) is 10.6 Å². The van der Waals surface area contributed by atoms with Gasteiger partial charge >= 0.3 is 40.8 Å². The Bertz CT molecular complexity index is 368. The SMILES string of the molecule is C[N-]Cc1ccccc1.C[N-]Cc1ccccc1.[I-].[Nd+3]. The molecule has 0 unspecified atom stereocenters. The average Bonchev–Trinajstić information content (AvgIpc) is 2.43. The smallest absolute Gasteiger partial charge is 1.00 e. The molecule has 0 fully saturated rings. The zero-order valence-electron chi connectivity index (χ0n) is 12.0. The minimum atomic E-state index is 0. The fourth-order valence-electron chi connectivity index (χ4n) is 1.53. The zero-order valence-corrected chi connectivity index (χ0v) is 17.3. The molecule has 0 heterocycles. The van der Waals surface area contributed by atoms with E-state index in [1.165, 1.54) is 11.1 Å². The first-order valence-electron chi connectivity index (χ1n) is 6.06. The number of halogens is 1. The molecule has 0 saturated heterocycles. The van der Waals surface area contributed by atoms with Crippen molar-refractivity contribution in [1.29, 1.82) is 0 Å². The van der Waals surface area contributed by atoms with Crippen LogP contribution in [0.5, 0.6) is 0 Å². The van der Waals surface area contributed by atoms with Crippen molar-refractivity contribution in [3.63, 3.8) is 0 Å². The van der Waals surface area contributed by atoms with E-state index in [2.05, 4.69) is 34.9 Å². The van der Waals surface area contributed by atoms with Gasteiger partial charge in [0.2, 0.25) is 0 Å². The number of hydrogen-bond donors (Lipinski definition) is 0. The van der Waals surface area contributed by atoms with Crippen molar-refractivity contribution in [2.75, 3.05) is 14.1 Å². The molecule has 0 amide bonds. The first-order valence-corrected chi connectivity index (χ1v) is 6.06. The normalized spacial score (nSPS) is 8.50. The van der Waals surface area contributed by atoms with E-state index in [1.807, 2.05) is 50.5 Å². The van der Waals surface area contributed by atoms with Crippen molar-refractivity contribution in [2.45, 2.75) is 13.1 Å². The largest absolute Gasteiger partial charge is 3.00 e. The predicted octanol–water partition coefficient (Wildman–Crippen LogP) is 1.38. The number of nitrogens with zero attached hydrogens (tertiary/aromatic N) is 2. The monoisotopic (exact) mass is 509 g/mol. The van der Waals surface area contributed by atoms with Gasteiger partial charge in [0.25, 0.3) is 0 Å². The molecule has 105 valence electrons. The number of hydrogen-bond acceptors (Lipinski definition) is 0. The van der Waals surface area contributed by atoms with Gasteiger partial charge < -0.3 is 34.6 Å². The van der Waals surface area contributed by atoms with Gasteiger partial charge in [0.15, 0.2) is 0 Å². The minimum Gasteiger partial charge on any atom is -1.00 e. The summed E-state index contributed by atoms with van der Waals surface area (Å²) in [5.41, 5.74) is 2.56. The molecule has 0 bridgehead atoms. The maximum absolute atomic E-state index is 4.01. The molecule has 0 aliphatic carbocycles. The Morgan fingerprint density at radius 3 is 1.20 bits per heavy atom. The summed E-state index contributed by atoms with van der Waals surface area (Å²) in [5.74, 6) is 0. The van der Waals surface area contributed by atoms with Gasteiger partial charge in [-0.2, -0.15) is 14.1 Å². The maximum Gasteiger partial charge on any atom is 3.00 e. The molecule has 0 atom stereocenters. The van der Waals surface area contributed by atoms with E-state index in [1.54, 1.807) is 0 Å². The van der Waals surface area contributed by atoms with E-state index >= 15 is 0 Å². The van der Waals surface area contributed by atoms with Crippen molar-refractivity contribution in [2.24, 2.45) is 0 Å². The van der Waals surface area contributed by atoms with E-state index in [-0.39, 0.29) is 64.8 Å². The van der Waals surface area contributed by atoms with Crippen LogP contribution in [0.4, 0.5) is 0 Å². The first kappa shape index (κ1) is 22.7. The molecule has 2 nitrogen and oxygen atoms in total. The summed E-state index contributed by atoms with van der Waals surface area (Å²) in [6, 6.07) is 20.4. The van der Waals surface area contributed by atoms with Crippen LogP contribution < -0.4 is 24.0 Å². The molecule has 20 heavy (non-hydrogen) atoms. The fraction of sp³-hybridized carbons (Fsp3) is 0.250. The second-order valence-corrected chi connectivity index (χ2v) is 3.92. The van der Waals surface area contributed by atoms with Crippen LogP contribution in [0.3, 0.4) is 0 Å². The van der Waals surface area contributed by atoms with Crippen LogP contribution in [-0.4, -0.2) is 14.1 Å². The van der Waals surface area contributed by atoms with E-state index in [0.717, 1.165) is 13.1 Å². The summed E-state index contributed by atoms with van der Waals surface area (Å²) in [6.07, 6.45) is 0. The first-order chi connectivity index (χ1) is 8.86. The summed E-state index contributed by atoms with van der Waals surface area (Å²) >= 11 is 0. The van der Waals surface area contributed by atoms with Crippen LogP contribution in [0.2, 0.25) is 0 Å². The van der Waals surface area contributed by atoms with Gasteiger partial charge in [0.05, 0.1) is 0 Å². The van der Waals surface area contributed by atoms with E-state index in [0.29, 0.717) is 0 Å². The molecule has 0 aliphatic rings. The van der Waals surface area contributed by atoms with E-state index < -0.39 is 0 Å². The van der Waals surface area contributed by atoms with E-state index in [4.69, 9.17) is 0 Å². The van der Waals surface area contributed by atoms with Gasteiger partial charge in [-0.25, -0.2) is 0 Å². The Balaban J connectivity index is 0. The number of benzene rings is 2. The maximum atomic E-state index is 4.01. The average molecular weight is 511 g/mol. The summed E-state index contributed by atoms with van der Waals surface area (Å²) in [4.78, 5) is 0. The third kappa shape index (κ3) is 11.1. The molecule has 4 heteroatoms. The van der Waals surface area contributed by atoms with Gasteiger partial charge in [0.1, 0.15) is 0 Å². The molecule has 2 aromatic rings. The topological polar surface area (TPSA) is 28.2 Å². The second kappa shape index (κ2) is 15.8. The summed E-state index contributed by atoms with van der Waals surface area (Å²) in [7, 11) is 3.65. The Labute approximate surface area is 172 Å². The molecular formula is C16H20IN2Nd. The van der Waals surface area contributed by atoms with Gasteiger partial charge in [-0.05, 0) is 0 Å². The molecule has 0 aromatic heterocycles. The van der Waals surface area contributed by atoms with Gasteiger partial charge in [-0.15, -0.1) is 13.1 Å². The third-order valence-corrected chi connectivity index (χ3v) is 2.37. The minimum absolute atomic E-state index is 0. The third-order valence-electron chi connectivity index (χ3n) is 2.37. The molecule has 2 rings (SSSR count). The standard InChI is InChI=1S/2C8H10N.HI.Nd/c2*1-9-7-8-5-3-2-4-6-8;;/h2*2-6H,7H2,1H3;1H;/q2*-1;;+3/p-1. The number of rotatable bonds is 4. The van der Waals surface area contributed by atoms with Crippen LogP contribution >= 0.6 is 0 Å². The van der Waals surface area contributed by atoms with Crippen LogP contribution in [0, 0.1) is 40.8 Å². The molecule has 0 saturated carbocycles. The molecule has 1 radical (unpaired) electrons. The quantitative estimate of drug-likeness (QED) is 0.556. The van der Waals surface area contributed by atoms with Crippen molar-refractivity contribution in [1.82, 2.24) is 0 Å². The molecule has 0 aliphatic heterocycles. The zero-order chi connectivity index (χ0) is 13.1. The molecule has 0 N–H and O–H groups in total. The summed E-state index contributed by atoms with van der Waals surface area (Å²) < 4.78 is 0. The van der Waals surface area contributed by atoms with Crippen molar-refractivity contribution >= 4 is 0 Å². The predicted molar refractivity (Wildman–Crippen MR) is 78.9 cm³/mol. The van der Waals surface area contributed by atoms with Crippen molar-refractivity contribution in [3.05, 3.63) is 82.4 Å². The summed E-state index contributed by atoms with van der Waals surface area (Å²) in [5, 5.41) is 8.01. The van der Waals surface area contributed by atoms with Gasteiger partial charge in [-0.1, -0.05) is 71.8 Å². The van der Waals surface area contributed by atoms with Crippen LogP contribution in [0.1, 0.15) is 11.1 Å². The second-order valence-electron chi connectivity index (χ2n) is 3.92. The molecular weight excluding hydrogens is 491 g/mol. The van der Waals surface area contributed by atoms with Crippen LogP contribution in [0.15, 0.2) is 60.7 Å². The van der Waals surface area contributed by atoms with Crippen molar-refractivity contribution in [3.8, 4) is 0 Å². The van der Waals surface area contributed by atoms with E-state index in [9.17, 15) is 0 Å².